The van der Waals surface area contributed by atoms with Crippen molar-refractivity contribution in [2.24, 2.45) is 0 Å². The van der Waals surface area contributed by atoms with E-state index in [1.54, 1.807) is 0 Å². The van der Waals surface area contributed by atoms with E-state index in [-0.39, 0.29) is 17.4 Å². The van der Waals surface area contributed by atoms with Crippen molar-refractivity contribution in [2.75, 3.05) is 10.6 Å². The fourth-order valence-electron chi connectivity index (χ4n) is 1.81. The highest BCUT2D eigenvalue weighted by Gasteiger charge is 2.30. The molecule has 24 heavy (non-hydrogen) atoms. The van der Waals surface area contributed by atoms with Gasteiger partial charge in [0.15, 0.2) is 0 Å². The van der Waals surface area contributed by atoms with Gasteiger partial charge in [0.2, 0.25) is 5.95 Å². The van der Waals surface area contributed by atoms with Crippen LogP contribution in [0.4, 0.5) is 24.8 Å². The predicted molar refractivity (Wildman–Crippen MR) is 84.8 cm³/mol. The molecule has 0 fully saturated rings. The van der Waals surface area contributed by atoms with Crippen molar-refractivity contribution in [3.8, 4) is 0 Å². The normalized spacial score (nSPS) is 12.5. The standard InChI is InChI=1S/C16H17F3N4O/c1-3-10(2)21-15-20-9-8-13(23-15)14(24)22-12-6-4-11(5-7-12)16(17,18)19/h4-10H,3H2,1-2H3,(H,22,24)(H,20,21,23). The number of halogens is 3. The summed E-state index contributed by atoms with van der Waals surface area (Å²) in [4.78, 5) is 20.3. The molecule has 5 nitrogen and oxygen atoms in total. The second kappa shape index (κ2) is 7.29. The maximum absolute atomic E-state index is 12.5. The zero-order valence-corrected chi connectivity index (χ0v) is 13.2. The molecule has 1 aromatic carbocycles. The van der Waals surface area contributed by atoms with E-state index >= 15 is 0 Å². The fraction of sp³-hybridized carbons (Fsp3) is 0.312. The summed E-state index contributed by atoms with van der Waals surface area (Å²) >= 11 is 0. The molecule has 0 aliphatic carbocycles. The summed E-state index contributed by atoms with van der Waals surface area (Å²) in [5.74, 6) is -0.200. The van der Waals surface area contributed by atoms with Gasteiger partial charge in [-0.2, -0.15) is 13.2 Å². The summed E-state index contributed by atoms with van der Waals surface area (Å²) in [5, 5.41) is 5.55. The van der Waals surface area contributed by atoms with Gasteiger partial charge >= 0.3 is 6.18 Å². The molecule has 1 atom stereocenters. The molecule has 1 heterocycles. The number of nitrogens with zero attached hydrogens (tertiary/aromatic N) is 2. The van der Waals surface area contributed by atoms with E-state index in [1.807, 2.05) is 13.8 Å². The first-order chi connectivity index (χ1) is 11.3. The van der Waals surface area contributed by atoms with E-state index in [1.165, 1.54) is 24.4 Å². The SMILES string of the molecule is CCC(C)Nc1nccc(C(=O)Nc2ccc(C(F)(F)F)cc2)n1. The molecular formula is C16H17F3N4O. The summed E-state index contributed by atoms with van der Waals surface area (Å²) < 4.78 is 37.5. The van der Waals surface area contributed by atoms with Crippen LogP contribution in [0.2, 0.25) is 0 Å². The molecule has 1 amide bonds. The maximum atomic E-state index is 12.5. The largest absolute Gasteiger partial charge is 0.416 e. The van der Waals surface area contributed by atoms with E-state index in [9.17, 15) is 18.0 Å². The third-order valence-corrected chi connectivity index (χ3v) is 3.35. The topological polar surface area (TPSA) is 66.9 Å². The molecule has 0 saturated heterocycles. The lowest BCUT2D eigenvalue weighted by Crippen LogP contribution is -2.19. The molecule has 8 heteroatoms. The highest BCUT2D eigenvalue weighted by molar-refractivity contribution is 6.02. The Morgan fingerprint density at radius 2 is 1.88 bits per heavy atom. The van der Waals surface area contributed by atoms with Gasteiger partial charge in [-0.05, 0) is 43.7 Å². The summed E-state index contributed by atoms with van der Waals surface area (Å²) in [7, 11) is 0. The monoisotopic (exact) mass is 338 g/mol. The number of rotatable bonds is 5. The predicted octanol–water partition coefficient (Wildman–Crippen LogP) is 3.96. The smallest absolute Gasteiger partial charge is 0.352 e. The average Bonchev–Trinajstić information content (AvgIpc) is 2.54. The second-order valence-corrected chi connectivity index (χ2v) is 5.25. The van der Waals surface area contributed by atoms with Gasteiger partial charge < -0.3 is 10.6 Å². The fourth-order valence-corrected chi connectivity index (χ4v) is 1.81. The van der Waals surface area contributed by atoms with E-state index in [2.05, 4.69) is 20.6 Å². The average molecular weight is 338 g/mol. The zero-order valence-electron chi connectivity index (χ0n) is 13.2. The second-order valence-electron chi connectivity index (χ2n) is 5.25. The van der Waals surface area contributed by atoms with Gasteiger partial charge in [0.25, 0.3) is 5.91 Å². The van der Waals surface area contributed by atoms with Gasteiger partial charge in [0.05, 0.1) is 5.56 Å². The number of nitrogens with one attached hydrogen (secondary N) is 2. The highest BCUT2D eigenvalue weighted by atomic mass is 19.4. The molecule has 0 aliphatic heterocycles. The van der Waals surface area contributed by atoms with Crippen LogP contribution >= 0.6 is 0 Å². The minimum absolute atomic E-state index is 0.121. The highest BCUT2D eigenvalue weighted by Crippen LogP contribution is 2.29. The Hall–Kier alpha value is -2.64. The van der Waals surface area contributed by atoms with E-state index in [0.717, 1.165) is 18.6 Å². The molecule has 128 valence electrons. The van der Waals surface area contributed by atoms with Crippen molar-refractivity contribution in [3.05, 3.63) is 47.8 Å². The van der Waals surface area contributed by atoms with E-state index in [0.29, 0.717) is 5.95 Å². The van der Waals surface area contributed by atoms with Crippen molar-refractivity contribution >= 4 is 17.5 Å². The summed E-state index contributed by atoms with van der Waals surface area (Å²) in [5.41, 5.74) is -0.402. The van der Waals surface area contributed by atoms with Crippen molar-refractivity contribution < 1.29 is 18.0 Å². The van der Waals surface area contributed by atoms with Crippen molar-refractivity contribution in [1.82, 2.24) is 9.97 Å². The Morgan fingerprint density at radius 1 is 1.21 bits per heavy atom. The number of aromatic nitrogens is 2. The van der Waals surface area contributed by atoms with Crippen LogP contribution < -0.4 is 10.6 Å². The van der Waals surface area contributed by atoms with Crippen LogP contribution in [0, 0.1) is 0 Å². The number of hydrogen-bond acceptors (Lipinski definition) is 4. The number of amides is 1. The summed E-state index contributed by atoms with van der Waals surface area (Å²) in [6, 6.07) is 5.79. The molecular weight excluding hydrogens is 321 g/mol. The number of alkyl halides is 3. The first kappa shape index (κ1) is 17.7. The van der Waals surface area contributed by atoms with Gasteiger partial charge in [-0.3, -0.25) is 4.79 Å². The molecule has 1 aromatic heterocycles. The molecule has 0 spiro atoms. The van der Waals surface area contributed by atoms with Gasteiger partial charge in [-0.25, -0.2) is 9.97 Å². The van der Waals surface area contributed by atoms with Gasteiger partial charge in [-0.1, -0.05) is 6.92 Å². The van der Waals surface area contributed by atoms with E-state index in [4.69, 9.17) is 0 Å². The number of carbonyl (C=O) groups is 1. The zero-order chi connectivity index (χ0) is 17.7. The van der Waals surface area contributed by atoms with Gasteiger partial charge in [0, 0.05) is 17.9 Å². The third kappa shape index (κ3) is 4.68. The van der Waals surface area contributed by atoms with Crippen LogP contribution in [-0.4, -0.2) is 21.9 Å². The first-order valence-electron chi connectivity index (χ1n) is 7.37. The molecule has 2 N–H and O–H groups in total. The van der Waals surface area contributed by atoms with Crippen LogP contribution in [-0.2, 0) is 6.18 Å². The van der Waals surface area contributed by atoms with Crippen molar-refractivity contribution in [1.29, 1.82) is 0 Å². The van der Waals surface area contributed by atoms with Crippen molar-refractivity contribution in [3.63, 3.8) is 0 Å². The Kier molecular flexibility index (Phi) is 5.38. The molecule has 0 radical (unpaired) electrons. The molecule has 2 rings (SSSR count). The molecule has 1 unspecified atom stereocenters. The Labute approximate surface area is 137 Å². The van der Waals surface area contributed by atoms with Crippen molar-refractivity contribution in [2.45, 2.75) is 32.5 Å². The quantitative estimate of drug-likeness (QED) is 0.866. The van der Waals surface area contributed by atoms with Crippen LogP contribution in [0.15, 0.2) is 36.5 Å². The maximum Gasteiger partial charge on any atom is 0.416 e. The summed E-state index contributed by atoms with van der Waals surface area (Å²) in [6.45, 7) is 3.96. The number of benzene rings is 1. The van der Waals surface area contributed by atoms with Gasteiger partial charge in [0.1, 0.15) is 5.69 Å². The van der Waals surface area contributed by atoms with Crippen LogP contribution in [0.1, 0.15) is 36.3 Å². The molecule has 0 bridgehead atoms. The summed E-state index contributed by atoms with van der Waals surface area (Å²) in [6.07, 6.45) is -2.10. The Bertz CT molecular complexity index is 701. The Morgan fingerprint density at radius 3 is 2.46 bits per heavy atom. The van der Waals surface area contributed by atoms with Gasteiger partial charge in [-0.15, -0.1) is 0 Å². The van der Waals surface area contributed by atoms with Crippen LogP contribution in [0.5, 0.6) is 0 Å². The first-order valence-corrected chi connectivity index (χ1v) is 7.37. The third-order valence-electron chi connectivity index (χ3n) is 3.35. The molecule has 2 aromatic rings. The Balaban J connectivity index is 2.08. The number of hydrogen-bond donors (Lipinski definition) is 2. The van der Waals surface area contributed by atoms with Crippen LogP contribution in [0.25, 0.3) is 0 Å². The number of anilines is 2. The van der Waals surface area contributed by atoms with Crippen LogP contribution in [0.3, 0.4) is 0 Å². The minimum atomic E-state index is -4.41. The minimum Gasteiger partial charge on any atom is -0.352 e. The lowest BCUT2D eigenvalue weighted by atomic mass is 10.2. The molecule has 0 saturated carbocycles. The van der Waals surface area contributed by atoms with E-state index < -0.39 is 17.6 Å². The molecule has 0 aliphatic rings. The number of carbonyl (C=O) groups excluding carboxylic acids is 1. The lowest BCUT2D eigenvalue weighted by Gasteiger charge is -2.12. The lowest BCUT2D eigenvalue weighted by molar-refractivity contribution is -0.137.